The van der Waals surface area contributed by atoms with Crippen molar-refractivity contribution in [3.63, 3.8) is 0 Å². The second-order valence-electron chi connectivity index (χ2n) is 5.46. The Kier molecular flexibility index (Phi) is 4.32. The summed E-state index contributed by atoms with van der Waals surface area (Å²) in [6.07, 6.45) is -5.87. The molecule has 0 radical (unpaired) electrons. The third kappa shape index (κ3) is 3.49. The Labute approximate surface area is 124 Å². The number of nitrogens with zero attached hydrogens (tertiary/aromatic N) is 1. The van der Waals surface area contributed by atoms with Gasteiger partial charge in [0.25, 0.3) is 0 Å². The summed E-state index contributed by atoms with van der Waals surface area (Å²) in [5.74, 6) is -0.514. The van der Waals surface area contributed by atoms with E-state index in [1.165, 1.54) is 11.0 Å². The summed E-state index contributed by atoms with van der Waals surface area (Å²) in [5.41, 5.74) is -1.90. The maximum absolute atomic E-state index is 13.2. The van der Waals surface area contributed by atoms with Crippen LogP contribution in [0.1, 0.15) is 18.4 Å². The van der Waals surface area contributed by atoms with Crippen LogP contribution in [0.15, 0.2) is 18.2 Å². The van der Waals surface area contributed by atoms with Gasteiger partial charge in [-0.3, -0.25) is 0 Å². The lowest BCUT2D eigenvalue weighted by Gasteiger charge is -2.39. The Hall–Kier alpha value is -1.83. The molecule has 0 aliphatic carbocycles. The highest BCUT2D eigenvalue weighted by atomic mass is 19.4. The molecule has 0 unspecified atom stereocenters. The Morgan fingerprint density at radius 1 is 1.27 bits per heavy atom. The minimum Gasteiger partial charge on any atom is -0.380 e. The van der Waals surface area contributed by atoms with Crippen molar-refractivity contribution in [1.82, 2.24) is 4.90 Å². The van der Waals surface area contributed by atoms with Gasteiger partial charge in [0, 0.05) is 31.6 Å². The minimum atomic E-state index is -4.71. The minimum absolute atomic E-state index is 0.226. The van der Waals surface area contributed by atoms with Crippen LogP contribution >= 0.6 is 0 Å². The van der Waals surface area contributed by atoms with Crippen LogP contribution in [0, 0.1) is 12.7 Å². The molecule has 0 atom stereocenters. The van der Waals surface area contributed by atoms with Gasteiger partial charge in [0.05, 0.1) is 0 Å². The van der Waals surface area contributed by atoms with E-state index in [0.29, 0.717) is 5.56 Å². The van der Waals surface area contributed by atoms with E-state index < -0.39 is 36.5 Å². The molecule has 1 aliphatic heterocycles. The van der Waals surface area contributed by atoms with Gasteiger partial charge >= 0.3 is 12.2 Å². The van der Waals surface area contributed by atoms with Gasteiger partial charge in [0.2, 0.25) is 0 Å². The zero-order valence-corrected chi connectivity index (χ0v) is 11.9. The Morgan fingerprint density at radius 2 is 1.86 bits per heavy atom. The van der Waals surface area contributed by atoms with E-state index in [9.17, 15) is 27.5 Å². The average Bonchev–Trinajstić information content (AvgIpc) is 2.36. The number of amides is 2. The van der Waals surface area contributed by atoms with Crippen LogP contribution in [0.25, 0.3) is 0 Å². The van der Waals surface area contributed by atoms with Crippen LogP contribution in [0.4, 0.5) is 28.0 Å². The zero-order valence-electron chi connectivity index (χ0n) is 11.9. The Bertz CT molecular complexity index is 546. The van der Waals surface area contributed by atoms with E-state index >= 15 is 0 Å². The highest BCUT2D eigenvalue weighted by molar-refractivity contribution is 5.89. The number of urea groups is 1. The van der Waals surface area contributed by atoms with Gasteiger partial charge in [-0.2, -0.15) is 13.2 Å². The van der Waals surface area contributed by atoms with E-state index in [1.54, 1.807) is 13.0 Å². The van der Waals surface area contributed by atoms with E-state index in [1.807, 2.05) is 0 Å². The number of halogens is 4. The predicted molar refractivity (Wildman–Crippen MR) is 72.0 cm³/mol. The summed E-state index contributed by atoms with van der Waals surface area (Å²) in [4.78, 5) is 13.1. The number of nitrogens with one attached hydrogen (secondary N) is 1. The molecule has 4 nitrogen and oxygen atoms in total. The van der Waals surface area contributed by atoms with E-state index in [4.69, 9.17) is 0 Å². The second-order valence-corrected chi connectivity index (χ2v) is 5.46. The average molecular weight is 320 g/mol. The summed E-state index contributed by atoms with van der Waals surface area (Å²) in [6.45, 7) is 1.20. The van der Waals surface area contributed by atoms with Crippen molar-refractivity contribution in [3.8, 4) is 0 Å². The number of likely N-dealkylation sites (tertiary alicyclic amines) is 1. The van der Waals surface area contributed by atoms with Crippen molar-refractivity contribution >= 4 is 11.7 Å². The second kappa shape index (κ2) is 5.75. The third-order valence-electron chi connectivity index (χ3n) is 3.70. The zero-order chi connectivity index (χ0) is 16.5. The van der Waals surface area contributed by atoms with E-state index in [0.717, 1.165) is 6.07 Å². The molecule has 1 aromatic carbocycles. The number of aryl methyl sites for hydroxylation is 1. The monoisotopic (exact) mass is 320 g/mol. The summed E-state index contributed by atoms with van der Waals surface area (Å²) < 4.78 is 51.3. The maximum atomic E-state index is 13.2. The smallest absolute Gasteiger partial charge is 0.380 e. The molecule has 2 rings (SSSR count). The van der Waals surface area contributed by atoms with Crippen LogP contribution in [-0.4, -0.2) is 40.9 Å². The fraction of sp³-hybridized carbons (Fsp3) is 0.500. The quantitative estimate of drug-likeness (QED) is 0.782. The number of hydrogen-bond acceptors (Lipinski definition) is 2. The largest absolute Gasteiger partial charge is 0.417 e. The Morgan fingerprint density at radius 3 is 2.36 bits per heavy atom. The highest BCUT2D eigenvalue weighted by Gasteiger charge is 2.54. The van der Waals surface area contributed by atoms with Gasteiger partial charge < -0.3 is 15.3 Å². The van der Waals surface area contributed by atoms with Crippen molar-refractivity contribution in [3.05, 3.63) is 29.6 Å². The molecule has 1 saturated heterocycles. The normalized spacial score (nSPS) is 18.2. The number of anilines is 1. The fourth-order valence-electron chi connectivity index (χ4n) is 2.37. The number of hydrogen-bond donors (Lipinski definition) is 2. The lowest BCUT2D eigenvalue weighted by Crippen LogP contribution is -2.55. The number of piperidine rings is 1. The molecule has 0 aromatic heterocycles. The van der Waals surface area contributed by atoms with Crippen molar-refractivity contribution in [1.29, 1.82) is 0 Å². The molecule has 1 aromatic rings. The molecule has 0 bridgehead atoms. The predicted octanol–water partition coefficient (Wildman–Crippen LogP) is 3.06. The van der Waals surface area contributed by atoms with Gasteiger partial charge in [-0.15, -0.1) is 0 Å². The summed E-state index contributed by atoms with van der Waals surface area (Å²) in [5, 5.41) is 12.0. The molecule has 1 fully saturated rings. The van der Waals surface area contributed by atoms with Crippen molar-refractivity contribution in [2.45, 2.75) is 31.5 Å². The molecule has 8 heteroatoms. The van der Waals surface area contributed by atoms with Crippen molar-refractivity contribution in [2.75, 3.05) is 18.4 Å². The van der Waals surface area contributed by atoms with Crippen molar-refractivity contribution in [2.24, 2.45) is 0 Å². The number of benzene rings is 1. The maximum Gasteiger partial charge on any atom is 0.417 e. The van der Waals surface area contributed by atoms with E-state index in [-0.39, 0.29) is 18.8 Å². The van der Waals surface area contributed by atoms with Gasteiger partial charge in [0.1, 0.15) is 5.82 Å². The first-order chi connectivity index (χ1) is 10.1. The number of aliphatic hydroxyl groups is 1. The summed E-state index contributed by atoms with van der Waals surface area (Å²) in [6, 6.07) is 3.35. The molecular formula is C14H16F4N2O2. The van der Waals surface area contributed by atoms with Crippen LogP contribution in [0.5, 0.6) is 0 Å². The SMILES string of the molecule is Cc1cc(F)cc(NC(=O)N2CCC(O)(C(F)(F)F)CC2)c1. The third-order valence-corrected chi connectivity index (χ3v) is 3.70. The molecule has 2 N–H and O–H groups in total. The topological polar surface area (TPSA) is 52.6 Å². The molecule has 122 valence electrons. The number of carbonyl (C=O) groups is 1. The number of rotatable bonds is 1. The van der Waals surface area contributed by atoms with Crippen LogP contribution < -0.4 is 5.32 Å². The van der Waals surface area contributed by atoms with Gasteiger partial charge in [-0.25, -0.2) is 9.18 Å². The number of alkyl halides is 3. The highest BCUT2D eigenvalue weighted by Crippen LogP contribution is 2.38. The molecule has 1 heterocycles. The summed E-state index contributed by atoms with van der Waals surface area (Å²) >= 11 is 0. The van der Waals surface area contributed by atoms with Crippen LogP contribution in [0.3, 0.4) is 0 Å². The van der Waals surface area contributed by atoms with E-state index in [2.05, 4.69) is 5.32 Å². The molecule has 2 amide bonds. The standard InChI is InChI=1S/C14H16F4N2O2/c1-9-6-10(15)8-11(7-9)19-12(21)20-4-2-13(22,3-5-20)14(16,17)18/h6-8,22H,2-5H2,1H3,(H,19,21). The molecule has 22 heavy (non-hydrogen) atoms. The first kappa shape index (κ1) is 16.5. The van der Waals surface area contributed by atoms with Gasteiger partial charge in [-0.05, 0) is 30.7 Å². The fourth-order valence-corrected chi connectivity index (χ4v) is 2.37. The first-order valence-electron chi connectivity index (χ1n) is 6.73. The molecule has 1 aliphatic rings. The summed E-state index contributed by atoms with van der Waals surface area (Å²) in [7, 11) is 0. The Balaban J connectivity index is 1.98. The van der Waals surface area contributed by atoms with Gasteiger partial charge in [-0.1, -0.05) is 0 Å². The lowest BCUT2D eigenvalue weighted by atomic mass is 9.91. The van der Waals surface area contributed by atoms with Crippen molar-refractivity contribution < 1.29 is 27.5 Å². The lowest BCUT2D eigenvalue weighted by molar-refractivity contribution is -0.271. The molecular weight excluding hydrogens is 304 g/mol. The van der Waals surface area contributed by atoms with Gasteiger partial charge in [0.15, 0.2) is 5.60 Å². The molecule has 0 saturated carbocycles. The van der Waals surface area contributed by atoms with Crippen LogP contribution in [-0.2, 0) is 0 Å². The van der Waals surface area contributed by atoms with Crippen LogP contribution in [0.2, 0.25) is 0 Å². The molecule has 0 spiro atoms. The number of carbonyl (C=O) groups excluding carboxylic acids is 1. The first-order valence-corrected chi connectivity index (χ1v) is 6.73.